The molecular weight excluding hydrogens is 224 g/mol. The minimum atomic E-state index is 0.337. The van der Waals surface area contributed by atoms with Gasteiger partial charge >= 0.3 is 0 Å². The van der Waals surface area contributed by atoms with Crippen LogP contribution in [0.5, 0.6) is 5.75 Å². The van der Waals surface area contributed by atoms with Crippen molar-refractivity contribution in [2.45, 2.75) is 40.0 Å². The summed E-state index contributed by atoms with van der Waals surface area (Å²) in [5.41, 5.74) is 3.84. The fraction of sp³-hybridized carbons (Fsp3) is 0.400. The van der Waals surface area contributed by atoms with Gasteiger partial charge in [-0.1, -0.05) is 31.0 Å². The van der Waals surface area contributed by atoms with Crippen LogP contribution >= 0.6 is 0 Å². The number of hydrogen-bond donors (Lipinski definition) is 1. The molecule has 2 rings (SSSR count). The predicted molar refractivity (Wildman–Crippen MR) is 73.3 cm³/mol. The number of nitrogens with zero attached hydrogens (tertiary/aromatic N) is 2. The smallest absolute Gasteiger partial charge is 0.160 e. The first-order valence-electron chi connectivity index (χ1n) is 6.48. The van der Waals surface area contributed by atoms with Gasteiger partial charge in [-0.3, -0.25) is 0 Å². The van der Waals surface area contributed by atoms with E-state index in [4.69, 9.17) is 0 Å². The molecule has 3 nitrogen and oxygen atoms in total. The first-order valence-corrected chi connectivity index (χ1v) is 6.48. The van der Waals surface area contributed by atoms with E-state index >= 15 is 0 Å². The van der Waals surface area contributed by atoms with Crippen molar-refractivity contribution in [2.75, 3.05) is 0 Å². The van der Waals surface area contributed by atoms with Gasteiger partial charge in [0, 0.05) is 0 Å². The average molecular weight is 244 g/mol. The number of aryl methyl sites for hydroxylation is 2. The fourth-order valence-electron chi connectivity index (χ4n) is 2.03. The molecule has 1 aromatic carbocycles. The molecule has 1 N–H and O–H groups in total. The Bertz CT molecular complexity index is 526. The van der Waals surface area contributed by atoms with Crippen LogP contribution < -0.4 is 0 Å². The first kappa shape index (κ1) is 12.7. The molecule has 96 valence electrons. The summed E-state index contributed by atoms with van der Waals surface area (Å²) in [4.78, 5) is 0. The quantitative estimate of drug-likeness (QED) is 0.893. The third kappa shape index (κ3) is 2.40. The second-order valence-electron chi connectivity index (χ2n) is 4.73. The number of rotatable bonds is 4. The highest BCUT2D eigenvalue weighted by Gasteiger charge is 2.14. The van der Waals surface area contributed by atoms with Crippen LogP contribution in [0.1, 0.15) is 36.7 Å². The molecule has 0 fully saturated rings. The fourth-order valence-corrected chi connectivity index (χ4v) is 2.03. The summed E-state index contributed by atoms with van der Waals surface area (Å²) in [6.07, 6.45) is 3.03. The van der Waals surface area contributed by atoms with Crippen LogP contribution in [-0.2, 0) is 6.42 Å². The molecule has 0 aliphatic heterocycles. The lowest BCUT2D eigenvalue weighted by molar-refractivity contribution is 0.462. The van der Waals surface area contributed by atoms with Crippen LogP contribution in [0, 0.1) is 13.8 Å². The van der Waals surface area contributed by atoms with Gasteiger partial charge < -0.3 is 5.11 Å². The van der Waals surface area contributed by atoms with E-state index in [-0.39, 0.29) is 0 Å². The van der Waals surface area contributed by atoms with Gasteiger partial charge in [-0.05, 0) is 38.8 Å². The molecule has 0 amide bonds. The zero-order valence-electron chi connectivity index (χ0n) is 11.3. The Hall–Kier alpha value is -1.77. The number of aromatic hydroxyl groups is 1. The van der Waals surface area contributed by atoms with E-state index < -0.39 is 0 Å². The summed E-state index contributed by atoms with van der Waals surface area (Å²) in [6.45, 7) is 6.06. The van der Waals surface area contributed by atoms with Gasteiger partial charge in [0.2, 0.25) is 0 Å². The SMILES string of the molecule is CCCCc1c(O)c(C)nn1-c1ccc(C)cc1. The number of benzene rings is 1. The Morgan fingerprint density at radius 1 is 1.17 bits per heavy atom. The van der Waals surface area contributed by atoms with Gasteiger partial charge in [0.05, 0.1) is 11.4 Å². The van der Waals surface area contributed by atoms with Gasteiger partial charge in [0.15, 0.2) is 5.75 Å². The zero-order chi connectivity index (χ0) is 13.1. The topological polar surface area (TPSA) is 38.1 Å². The standard InChI is InChI=1S/C15H20N2O/c1-4-5-6-14-15(18)12(3)16-17(14)13-9-7-11(2)8-10-13/h7-10,18H,4-6H2,1-3H3. The van der Waals surface area contributed by atoms with Gasteiger partial charge in [-0.2, -0.15) is 5.10 Å². The molecule has 18 heavy (non-hydrogen) atoms. The van der Waals surface area contributed by atoms with Gasteiger partial charge in [-0.25, -0.2) is 4.68 Å². The molecule has 0 spiro atoms. The van der Waals surface area contributed by atoms with E-state index in [2.05, 4.69) is 31.1 Å². The number of unbranched alkanes of at least 4 members (excludes halogenated alkanes) is 1. The van der Waals surface area contributed by atoms with Crippen LogP contribution in [-0.4, -0.2) is 14.9 Å². The molecule has 3 heteroatoms. The van der Waals surface area contributed by atoms with Gasteiger partial charge in [0.25, 0.3) is 0 Å². The lowest BCUT2D eigenvalue weighted by atomic mass is 10.1. The molecular formula is C15H20N2O. The maximum Gasteiger partial charge on any atom is 0.160 e. The number of aromatic nitrogens is 2. The summed E-state index contributed by atoms with van der Waals surface area (Å²) in [5, 5.41) is 14.5. The Labute approximate surface area is 108 Å². The van der Waals surface area contributed by atoms with Crippen molar-refractivity contribution in [2.24, 2.45) is 0 Å². The normalized spacial score (nSPS) is 10.8. The molecule has 0 aliphatic rings. The molecule has 0 bridgehead atoms. The molecule has 0 atom stereocenters. The van der Waals surface area contributed by atoms with Crippen LogP contribution in [0.4, 0.5) is 0 Å². The van der Waals surface area contributed by atoms with Crippen molar-refractivity contribution in [3.8, 4) is 11.4 Å². The molecule has 0 unspecified atom stereocenters. The second-order valence-corrected chi connectivity index (χ2v) is 4.73. The van der Waals surface area contributed by atoms with E-state index in [9.17, 15) is 5.11 Å². The van der Waals surface area contributed by atoms with Crippen LogP contribution in [0.3, 0.4) is 0 Å². The Balaban J connectivity index is 2.43. The minimum Gasteiger partial charge on any atom is -0.504 e. The summed E-state index contributed by atoms with van der Waals surface area (Å²) >= 11 is 0. The lowest BCUT2D eigenvalue weighted by Gasteiger charge is -2.07. The molecule has 1 aromatic heterocycles. The van der Waals surface area contributed by atoms with Crippen LogP contribution in [0.15, 0.2) is 24.3 Å². The first-order chi connectivity index (χ1) is 8.63. The van der Waals surface area contributed by atoms with Crippen molar-refractivity contribution >= 4 is 0 Å². The maximum absolute atomic E-state index is 10.1. The van der Waals surface area contributed by atoms with Crippen molar-refractivity contribution in [1.82, 2.24) is 9.78 Å². The van der Waals surface area contributed by atoms with Crippen molar-refractivity contribution in [3.05, 3.63) is 41.2 Å². The molecule has 0 aliphatic carbocycles. The minimum absolute atomic E-state index is 0.337. The van der Waals surface area contributed by atoms with Gasteiger partial charge in [-0.15, -0.1) is 0 Å². The van der Waals surface area contributed by atoms with Crippen molar-refractivity contribution < 1.29 is 5.11 Å². The van der Waals surface area contributed by atoms with E-state index in [0.717, 1.165) is 30.6 Å². The van der Waals surface area contributed by atoms with Gasteiger partial charge in [0.1, 0.15) is 5.69 Å². The van der Waals surface area contributed by atoms with E-state index in [1.807, 2.05) is 23.7 Å². The highest BCUT2D eigenvalue weighted by molar-refractivity contribution is 5.41. The van der Waals surface area contributed by atoms with E-state index in [1.54, 1.807) is 0 Å². The largest absolute Gasteiger partial charge is 0.504 e. The monoisotopic (exact) mass is 244 g/mol. The molecule has 1 heterocycles. The highest BCUT2D eigenvalue weighted by atomic mass is 16.3. The third-order valence-electron chi connectivity index (χ3n) is 3.17. The molecule has 2 aromatic rings. The van der Waals surface area contributed by atoms with E-state index in [0.29, 0.717) is 11.4 Å². The van der Waals surface area contributed by atoms with Crippen LogP contribution in [0.2, 0.25) is 0 Å². The summed E-state index contributed by atoms with van der Waals surface area (Å²) < 4.78 is 1.86. The van der Waals surface area contributed by atoms with Crippen LogP contribution in [0.25, 0.3) is 5.69 Å². The summed E-state index contributed by atoms with van der Waals surface area (Å²) in [7, 11) is 0. The van der Waals surface area contributed by atoms with Crippen molar-refractivity contribution in [1.29, 1.82) is 0 Å². The second kappa shape index (κ2) is 5.25. The Kier molecular flexibility index (Phi) is 3.70. The molecule has 0 saturated carbocycles. The van der Waals surface area contributed by atoms with E-state index in [1.165, 1.54) is 5.56 Å². The molecule has 0 radical (unpaired) electrons. The Morgan fingerprint density at radius 2 is 1.83 bits per heavy atom. The Morgan fingerprint density at radius 3 is 2.44 bits per heavy atom. The summed E-state index contributed by atoms with van der Waals surface area (Å²) in [6, 6.07) is 8.20. The summed E-state index contributed by atoms with van der Waals surface area (Å²) in [5.74, 6) is 0.337. The highest BCUT2D eigenvalue weighted by Crippen LogP contribution is 2.26. The lowest BCUT2D eigenvalue weighted by Crippen LogP contribution is -2.02. The molecule has 0 saturated heterocycles. The number of hydrogen-bond acceptors (Lipinski definition) is 2. The van der Waals surface area contributed by atoms with Crippen molar-refractivity contribution in [3.63, 3.8) is 0 Å². The maximum atomic E-state index is 10.1. The zero-order valence-corrected chi connectivity index (χ0v) is 11.3. The third-order valence-corrected chi connectivity index (χ3v) is 3.17. The predicted octanol–water partition coefficient (Wildman–Crippen LogP) is 3.54. The average Bonchev–Trinajstić information content (AvgIpc) is 2.64.